The molecule has 4 aromatic rings. The molecule has 0 radical (unpaired) electrons. The van der Waals surface area contributed by atoms with Crippen molar-refractivity contribution in [2.75, 3.05) is 11.9 Å². The lowest BCUT2D eigenvalue weighted by molar-refractivity contribution is -0.128. The van der Waals surface area contributed by atoms with Crippen LogP contribution in [0.25, 0.3) is 11.0 Å². The summed E-state index contributed by atoms with van der Waals surface area (Å²) in [7, 11) is 0. The molecule has 1 saturated heterocycles. The van der Waals surface area contributed by atoms with E-state index in [1.165, 1.54) is 0 Å². The zero-order chi connectivity index (χ0) is 27.5. The summed E-state index contributed by atoms with van der Waals surface area (Å²) < 4.78 is 18.6. The molecule has 4 atom stereocenters. The van der Waals surface area contributed by atoms with Crippen LogP contribution in [0.4, 0.5) is 10.1 Å². The summed E-state index contributed by atoms with van der Waals surface area (Å²) in [4.78, 5) is 33.3. The molecule has 10 heteroatoms. The predicted molar refractivity (Wildman–Crippen MR) is 151 cm³/mol. The molecule has 1 aliphatic carbocycles. The van der Waals surface area contributed by atoms with E-state index in [4.69, 9.17) is 16.6 Å². The fraction of sp³-hybridized carbons (Fsp3) is 0.300. The highest BCUT2D eigenvalue weighted by Gasteiger charge is 2.69. The number of benzene rings is 3. The molecule has 4 heterocycles. The summed E-state index contributed by atoms with van der Waals surface area (Å²) in [6.45, 7) is 1.29. The van der Waals surface area contributed by atoms with Crippen molar-refractivity contribution in [2.45, 2.75) is 42.8 Å². The molecular weight excluding hydrogens is 599 g/mol. The minimum Gasteiger partial charge on any atom is -0.478 e. The average molecular weight is 622 g/mol. The second-order valence-corrected chi connectivity index (χ2v) is 12.6. The Morgan fingerprint density at radius 1 is 1.20 bits per heavy atom. The number of carboxylic acid groups (broad SMARTS) is 1. The highest BCUT2D eigenvalue weighted by Crippen LogP contribution is 2.65. The van der Waals surface area contributed by atoms with Crippen LogP contribution in [0.1, 0.15) is 52.0 Å². The number of rotatable bonds is 4. The lowest BCUT2D eigenvalue weighted by Crippen LogP contribution is -2.53. The van der Waals surface area contributed by atoms with Crippen LogP contribution >= 0.6 is 27.5 Å². The molecule has 2 fully saturated rings. The van der Waals surface area contributed by atoms with Crippen LogP contribution in [0.2, 0.25) is 5.02 Å². The van der Waals surface area contributed by atoms with Crippen LogP contribution < -0.4 is 5.32 Å². The van der Waals surface area contributed by atoms with Crippen molar-refractivity contribution in [3.8, 4) is 0 Å². The Bertz CT molecular complexity index is 1790. The number of carbonyl (C=O) groups excluding carboxylic acids is 1. The molecule has 1 saturated carbocycles. The number of hydrogen-bond acceptors (Lipinski definition) is 4. The van der Waals surface area contributed by atoms with Crippen LogP contribution in [0.3, 0.4) is 0 Å². The van der Waals surface area contributed by atoms with Gasteiger partial charge in [-0.15, -0.1) is 0 Å². The molecule has 1 spiro atoms. The van der Waals surface area contributed by atoms with Crippen LogP contribution in [-0.4, -0.2) is 44.0 Å². The van der Waals surface area contributed by atoms with Crippen LogP contribution in [0, 0.1) is 11.7 Å². The number of nitrogens with zero attached hydrogens (tertiary/aromatic N) is 3. The maximum Gasteiger partial charge on any atom is 0.335 e. The number of aromatic carboxylic acids is 1. The second kappa shape index (κ2) is 8.38. The molecule has 3 aromatic carbocycles. The van der Waals surface area contributed by atoms with Crippen molar-refractivity contribution in [3.63, 3.8) is 0 Å². The SMILES string of the molecule is O=C(O)c1ccc2c(c1)nc1n2C[C@H]2[C@@H]1[C@H](c1cccc(Br)c1F)[C@]1(C(=O)Nc3cc(Cl)ccc31)N2CC1CC1. The van der Waals surface area contributed by atoms with Gasteiger partial charge in [0.15, 0.2) is 0 Å². The molecule has 202 valence electrons. The van der Waals surface area contributed by atoms with E-state index in [1.807, 2.05) is 6.07 Å². The first-order valence-corrected chi connectivity index (χ1v) is 14.5. The van der Waals surface area contributed by atoms with Gasteiger partial charge in [0.2, 0.25) is 5.91 Å². The minimum absolute atomic E-state index is 0.109. The number of amides is 1. The Morgan fingerprint density at radius 3 is 2.80 bits per heavy atom. The molecule has 7 nitrogen and oxygen atoms in total. The van der Waals surface area contributed by atoms with Crippen LogP contribution in [-0.2, 0) is 16.9 Å². The Balaban J connectivity index is 1.42. The topological polar surface area (TPSA) is 87.5 Å². The van der Waals surface area contributed by atoms with Crippen LogP contribution in [0.5, 0.6) is 0 Å². The predicted octanol–water partition coefficient (Wildman–Crippen LogP) is 6.11. The van der Waals surface area contributed by atoms with E-state index in [-0.39, 0.29) is 23.4 Å². The van der Waals surface area contributed by atoms with Gasteiger partial charge in [-0.1, -0.05) is 29.8 Å². The lowest BCUT2D eigenvalue weighted by atomic mass is 9.71. The highest BCUT2D eigenvalue weighted by molar-refractivity contribution is 9.10. The van der Waals surface area contributed by atoms with Gasteiger partial charge in [0.1, 0.15) is 17.2 Å². The Labute approximate surface area is 242 Å². The average Bonchev–Trinajstić information content (AvgIpc) is 3.37. The van der Waals surface area contributed by atoms with E-state index >= 15 is 4.39 Å². The number of aromatic nitrogens is 2. The largest absolute Gasteiger partial charge is 0.478 e. The monoisotopic (exact) mass is 620 g/mol. The summed E-state index contributed by atoms with van der Waals surface area (Å²) in [5.41, 5.74) is 2.33. The van der Waals surface area contributed by atoms with E-state index in [2.05, 4.69) is 30.7 Å². The number of carboxylic acids is 1. The van der Waals surface area contributed by atoms with E-state index in [0.29, 0.717) is 45.3 Å². The molecule has 4 aliphatic rings. The molecule has 8 rings (SSSR count). The van der Waals surface area contributed by atoms with Gasteiger partial charge in [-0.2, -0.15) is 0 Å². The quantitative estimate of drug-likeness (QED) is 0.287. The minimum atomic E-state index is -1.16. The van der Waals surface area contributed by atoms with E-state index in [0.717, 1.165) is 29.7 Å². The maximum atomic E-state index is 16.1. The second-order valence-electron chi connectivity index (χ2n) is 11.3. The number of likely N-dealkylation sites (tertiary alicyclic amines) is 1. The third kappa shape index (κ3) is 3.17. The Kier molecular flexibility index (Phi) is 5.13. The third-order valence-corrected chi connectivity index (χ3v) is 10.1. The first-order chi connectivity index (χ1) is 19.3. The zero-order valence-electron chi connectivity index (χ0n) is 21.1. The van der Waals surface area contributed by atoms with Gasteiger partial charge in [-0.3, -0.25) is 9.69 Å². The standard InChI is InChI=1S/C30H23BrClFN4O3/c31-19-3-1-2-17(26(19)33)25-24-23(13-36-22-9-6-15(28(38)39)10-21(22)34-27(24)36)37(12-14-4-5-14)30(25)18-8-7-16(32)11-20(18)35-29(30)40/h1-3,6-11,14,23-25H,4-5,12-13H2,(H,35,40)(H,38,39)/t23-,24+,25-,30+/m0/s1. The smallest absolute Gasteiger partial charge is 0.335 e. The third-order valence-electron chi connectivity index (χ3n) is 9.22. The fourth-order valence-electron chi connectivity index (χ4n) is 7.49. The number of carbonyl (C=O) groups is 2. The summed E-state index contributed by atoms with van der Waals surface area (Å²) in [6.07, 6.45) is 2.20. The van der Waals surface area contributed by atoms with E-state index in [9.17, 15) is 14.7 Å². The maximum absolute atomic E-state index is 16.1. The van der Waals surface area contributed by atoms with E-state index < -0.39 is 23.2 Å². The molecule has 3 aliphatic heterocycles. The van der Waals surface area contributed by atoms with Gasteiger partial charge in [-0.05, 0) is 76.7 Å². The molecule has 0 bridgehead atoms. The molecule has 40 heavy (non-hydrogen) atoms. The number of anilines is 1. The van der Waals surface area contributed by atoms with Crippen molar-refractivity contribution in [1.29, 1.82) is 0 Å². The summed E-state index contributed by atoms with van der Waals surface area (Å²) in [6, 6.07) is 15.6. The van der Waals surface area contributed by atoms with Crippen molar-refractivity contribution >= 4 is 56.1 Å². The Morgan fingerprint density at radius 2 is 2.02 bits per heavy atom. The fourth-order valence-corrected chi connectivity index (χ4v) is 8.04. The number of nitrogens with one attached hydrogen (secondary N) is 1. The number of halogens is 3. The van der Waals surface area contributed by atoms with Crippen molar-refractivity contribution in [2.24, 2.45) is 5.92 Å². The highest BCUT2D eigenvalue weighted by atomic mass is 79.9. The summed E-state index contributed by atoms with van der Waals surface area (Å²) in [5.74, 6) is -1.27. The van der Waals surface area contributed by atoms with Gasteiger partial charge in [-0.25, -0.2) is 14.2 Å². The first-order valence-electron chi connectivity index (χ1n) is 13.3. The van der Waals surface area contributed by atoms with Gasteiger partial charge in [0.05, 0.1) is 21.1 Å². The van der Waals surface area contributed by atoms with Crippen molar-refractivity contribution in [1.82, 2.24) is 14.5 Å². The normalized spacial score (nSPS) is 26.8. The molecule has 0 unspecified atom stereocenters. The van der Waals surface area contributed by atoms with Gasteiger partial charge in [0, 0.05) is 47.2 Å². The Hall–Kier alpha value is -3.27. The van der Waals surface area contributed by atoms with E-state index in [1.54, 1.807) is 48.5 Å². The van der Waals surface area contributed by atoms with Gasteiger partial charge >= 0.3 is 5.97 Å². The summed E-state index contributed by atoms with van der Waals surface area (Å²) in [5, 5.41) is 13.2. The summed E-state index contributed by atoms with van der Waals surface area (Å²) >= 11 is 9.74. The molecular formula is C30H23BrClFN4O3. The van der Waals surface area contributed by atoms with Crippen LogP contribution in [0.15, 0.2) is 59.1 Å². The number of hydrogen-bond donors (Lipinski definition) is 2. The zero-order valence-corrected chi connectivity index (χ0v) is 23.4. The van der Waals surface area contributed by atoms with Crippen molar-refractivity contribution < 1.29 is 19.1 Å². The number of fused-ring (bicyclic) bond motifs is 7. The first kappa shape index (κ1) is 24.5. The molecule has 2 N–H and O–H groups in total. The molecule has 1 aromatic heterocycles. The number of imidazole rings is 1. The molecule has 1 amide bonds. The lowest BCUT2D eigenvalue weighted by Gasteiger charge is -2.40. The van der Waals surface area contributed by atoms with Gasteiger partial charge < -0.3 is 15.0 Å². The van der Waals surface area contributed by atoms with Crippen molar-refractivity contribution in [3.05, 3.63) is 92.4 Å². The van der Waals surface area contributed by atoms with Gasteiger partial charge in [0.25, 0.3) is 0 Å².